The van der Waals surface area contributed by atoms with E-state index < -0.39 is 0 Å². The van der Waals surface area contributed by atoms with Crippen molar-refractivity contribution >= 4 is 16.8 Å². The van der Waals surface area contributed by atoms with Gasteiger partial charge in [-0.15, -0.1) is 0 Å². The first kappa shape index (κ1) is 8.99. The molecule has 0 amide bonds. The van der Waals surface area contributed by atoms with Gasteiger partial charge in [0.15, 0.2) is 11.4 Å². The van der Waals surface area contributed by atoms with E-state index in [2.05, 4.69) is 24.0 Å². The quantitative estimate of drug-likeness (QED) is 0.750. The molecule has 74 valence electrons. The maximum absolute atomic E-state index is 5.68. The molecule has 0 radical (unpaired) electrons. The van der Waals surface area contributed by atoms with Crippen LogP contribution in [0.15, 0.2) is 10.6 Å². The Kier molecular flexibility index (Phi) is 1.91. The first-order valence-electron chi connectivity index (χ1n) is 4.62. The highest BCUT2D eigenvalue weighted by atomic mass is 16.5. The molecule has 2 heterocycles. The van der Waals surface area contributed by atoms with Crippen molar-refractivity contribution in [3.05, 3.63) is 17.5 Å². The molecule has 0 unspecified atom stereocenters. The Morgan fingerprint density at radius 3 is 2.79 bits per heavy atom. The van der Waals surface area contributed by atoms with Crippen LogP contribution < -0.4 is 5.73 Å². The summed E-state index contributed by atoms with van der Waals surface area (Å²) in [5.74, 6) is 0.747. The summed E-state index contributed by atoms with van der Waals surface area (Å²) in [5, 5.41) is 4.60. The average Bonchev–Trinajstić information content (AvgIpc) is 2.47. The predicted octanol–water partition coefficient (Wildman–Crippen LogP) is 2.24. The zero-order chi connectivity index (χ0) is 10.3. The van der Waals surface area contributed by atoms with Gasteiger partial charge in [-0.3, -0.25) is 4.98 Å². The molecule has 4 nitrogen and oxygen atoms in total. The summed E-state index contributed by atoms with van der Waals surface area (Å²) >= 11 is 0. The van der Waals surface area contributed by atoms with E-state index in [4.69, 9.17) is 10.3 Å². The molecule has 0 saturated carbocycles. The van der Waals surface area contributed by atoms with Crippen LogP contribution in [-0.2, 0) is 0 Å². The number of anilines is 1. The number of nitrogens with zero attached hydrogens (tertiary/aromatic N) is 2. The van der Waals surface area contributed by atoms with Crippen LogP contribution in [0.1, 0.15) is 31.2 Å². The van der Waals surface area contributed by atoms with Crippen LogP contribution in [0.3, 0.4) is 0 Å². The molecule has 0 aliphatic rings. The Labute approximate surface area is 82.1 Å². The van der Waals surface area contributed by atoms with Crippen molar-refractivity contribution in [1.29, 1.82) is 0 Å². The molecule has 0 bridgehead atoms. The summed E-state index contributed by atoms with van der Waals surface area (Å²) in [6.07, 6.45) is 0. The van der Waals surface area contributed by atoms with Crippen molar-refractivity contribution in [1.82, 2.24) is 10.1 Å². The summed E-state index contributed by atoms with van der Waals surface area (Å²) in [5.41, 5.74) is 8.25. The molecule has 0 atom stereocenters. The lowest BCUT2D eigenvalue weighted by Gasteiger charge is -2.04. The molecule has 0 aliphatic heterocycles. The molecule has 0 spiro atoms. The average molecular weight is 191 g/mol. The molecule has 14 heavy (non-hydrogen) atoms. The number of nitrogen functional groups attached to an aromatic ring is 1. The first-order chi connectivity index (χ1) is 6.59. The van der Waals surface area contributed by atoms with Gasteiger partial charge in [-0.05, 0) is 18.9 Å². The van der Waals surface area contributed by atoms with Crippen LogP contribution >= 0.6 is 0 Å². The molecule has 0 aliphatic carbocycles. The Morgan fingerprint density at radius 2 is 2.14 bits per heavy atom. The minimum Gasteiger partial charge on any atom is -0.380 e. The van der Waals surface area contributed by atoms with Gasteiger partial charge in [0.2, 0.25) is 0 Å². The molecule has 0 saturated heterocycles. The lowest BCUT2D eigenvalue weighted by atomic mass is 10.1. The fourth-order valence-electron chi connectivity index (χ4n) is 1.51. The first-order valence-corrected chi connectivity index (χ1v) is 4.62. The molecule has 4 heteroatoms. The van der Waals surface area contributed by atoms with Crippen LogP contribution in [0.2, 0.25) is 0 Å². The van der Waals surface area contributed by atoms with Crippen LogP contribution in [0, 0.1) is 6.92 Å². The number of hydrogen-bond donors (Lipinski definition) is 1. The van der Waals surface area contributed by atoms with E-state index >= 15 is 0 Å². The van der Waals surface area contributed by atoms with Gasteiger partial charge in [-0.1, -0.05) is 19.0 Å². The van der Waals surface area contributed by atoms with E-state index in [0.717, 1.165) is 16.8 Å². The second kappa shape index (κ2) is 2.97. The van der Waals surface area contributed by atoms with Crippen LogP contribution in [0.5, 0.6) is 0 Å². The summed E-state index contributed by atoms with van der Waals surface area (Å²) in [7, 11) is 0. The van der Waals surface area contributed by atoms with Crippen LogP contribution in [0.4, 0.5) is 5.82 Å². The molecule has 2 aromatic heterocycles. The molecule has 2 N–H and O–H groups in total. The van der Waals surface area contributed by atoms with Gasteiger partial charge in [0.1, 0.15) is 0 Å². The Balaban J connectivity index is 2.82. The highest BCUT2D eigenvalue weighted by Crippen LogP contribution is 2.27. The maximum Gasteiger partial charge on any atom is 0.190 e. The van der Waals surface area contributed by atoms with Crippen molar-refractivity contribution < 1.29 is 4.52 Å². The zero-order valence-corrected chi connectivity index (χ0v) is 8.53. The van der Waals surface area contributed by atoms with Gasteiger partial charge < -0.3 is 10.3 Å². The third-order valence-corrected chi connectivity index (χ3v) is 2.19. The molecule has 0 fully saturated rings. The summed E-state index contributed by atoms with van der Waals surface area (Å²) in [6, 6.07) is 1.90. The molecule has 0 aromatic carbocycles. The normalized spacial score (nSPS) is 11.4. The lowest BCUT2D eigenvalue weighted by molar-refractivity contribution is 0.455. The highest BCUT2D eigenvalue weighted by Gasteiger charge is 2.14. The monoisotopic (exact) mass is 191 g/mol. The minimum atomic E-state index is 0.310. The largest absolute Gasteiger partial charge is 0.380 e. The van der Waals surface area contributed by atoms with E-state index in [1.54, 1.807) is 0 Å². The topological polar surface area (TPSA) is 64.9 Å². The van der Waals surface area contributed by atoms with Crippen LogP contribution in [-0.4, -0.2) is 10.1 Å². The minimum absolute atomic E-state index is 0.310. The third kappa shape index (κ3) is 1.23. The smallest absolute Gasteiger partial charge is 0.190 e. The van der Waals surface area contributed by atoms with Gasteiger partial charge in [0.05, 0.1) is 11.1 Å². The van der Waals surface area contributed by atoms with Crippen molar-refractivity contribution in [2.45, 2.75) is 26.7 Å². The van der Waals surface area contributed by atoms with E-state index in [0.29, 0.717) is 17.3 Å². The second-order valence-corrected chi connectivity index (χ2v) is 3.75. The van der Waals surface area contributed by atoms with Crippen molar-refractivity contribution in [3.63, 3.8) is 0 Å². The van der Waals surface area contributed by atoms with E-state index in [9.17, 15) is 0 Å². The fraction of sp³-hybridized carbons (Fsp3) is 0.400. The SMILES string of the molecule is Cc1cc2c(N)noc2c(C(C)C)n1. The van der Waals surface area contributed by atoms with E-state index in [-0.39, 0.29) is 0 Å². The lowest BCUT2D eigenvalue weighted by Crippen LogP contribution is -1.95. The number of pyridine rings is 1. The Morgan fingerprint density at radius 1 is 1.43 bits per heavy atom. The Bertz CT molecular complexity index is 473. The number of fused-ring (bicyclic) bond motifs is 1. The van der Waals surface area contributed by atoms with E-state index in [1.165, 1.54) is 0 Å². The maximum atomic E-state index is 5.68. The van der Waals surface area contributed by atoms with Gasteiger partial charge in [-0.2, -0.15) is 0 Å². The van der Waals surface area contributed by atoms with Gasteiger partial charge in [-0.25, -0.2) is 0 Å². The van der Waals surface area contributed by atoms with Gasteiger partial charge in [0, 0.05) is 5.69 Å². The fourth-order valence-corrected chi connectivity index (χ4v) is 1.51. The predicted molar refractivity (Wildman–Crippen MR) is 55.0 cm³/mol. The summed E-state index contributed by atoms with van der Waals surface area (Å²) in [6.45, 7) is 6.08. The van der Waals surface area contributed by atoms with Crippen molar-refractivity contribution in [2.24, 2.45) is 0 Å². The molecule has 2 rings (SSSR count). The molecular formula is C10H13N3O. The number of aromatic nitrogens is 2. The van der Waals surface area contributed by atoms with Crippen LogP contribution in [0.25, 0.3) is 11.0 Å². The van der Waals surface area contributed by atoms with Gasteiger partial charge in [0.25, 0.3) is 0 Å². The highest BCUT2D eigenvalue weighted by molar-refractivity contribution is 5.88. The van der Waals surface area contributed by atoms with Crippen molar-refractivity contribution in [3.8, 4) is 0 Å². The van der Waals surface area contributed by atoms with Gasteiger partial charge >= 0.3 is 0 Å². The number of rotatable bonds is 1. The zero-order valence-electron chi connectivity index (χ0n) is 8.53. The summed E-state index contributed by atoms with van der Waals surface area (Å²) in [4.78, 5) is 4.42. The second-order valence-electron chi connectivity index (χ2n) is 3.75. The molecule has 2 aromatic rings. The Hall–Kier alpha value is -1.58. The third-order valence-electron chi connectivity index (χ3n) is 2.19. The number of aryl methyl sites for hydroxylation is 1. The number of nitrogens with two attached hydrogens (primary N) is 1. The van der Waals surface area contributed by atoms with E-state index in [1.807, 2.05) is 13.0 Å². The molecular weight excluding hydrogens is 178 g/mol. The summed E-state index contributed by atoms with van der Waals surface area (Å²) < 4.78 is 5.16. The number of hydrogen-bond acceptors (Lipinski definition) is 4. The standard InChI is InChI=1S/C10H13N3O/c1-5(2)8-9-7(4-6(3)12-8)10(11)13-14-9/h4-5H,1-3H3,(H2,11,13). The van der Waals surface area contributed by atoms with Crippen molar-refractivity contribution in [2.75, 3.05) is 5.73 Å².